The molecule has 0 unspecified atom stereocenters. The zero-order valence-corrected chi connectivity index (χ0v) is 12.1. The number of hydrogen-bond acceptors (Lipinski definition) is 2. The van der Waals surface area contributed by atoms with Gasteiger partial charge in [0, 0.05) is 25.2 Å². The molecule has 1 atom stereocenters. The average molecular weight is 278 g/mol. The van der Waals surface area contributed by atoms with Gasteiger partial charge in [0.05, 0.1) is 0 Å². The van der Waals surface area contributed by atoms with Crippen molar-refractivity contribution in [1.29, 1.82) is 0 Å². The van der Waals surface area contributed by atoms with Crippen LogP contribution in [-0.2, 0) is 4.79 Å². The van der Waals surface area contributed by atoms with Crippen molar-refractivity contribution < 1.29 is 14.7 Å². The monoisotopic (exact) mass is 278 g/mol. The van der Waals surface area contributed by atoms with E-state index in [1.807, 2.05) is 24.8 Å². The number of aryl methyl sites for hydroxylation is 2. The second kappa shape index (κ2) is 6.11. The summed E-state index contributed by atoms with van der Waals surface area (Å²) in [6.07, 6.45) is 2.75. The first-order chi connectivity index (χ1) is 9.47. The van der Waals surface area contributed by atoms with E-state index in [0.717, 1.165) is 30.5 Å². The minimum absolute atomic E-state index is 0.0339. The third kappa shape index (κ3) is 3.40. The van der Waals surface area contributed by atoms with Gasteiger partial charge in [0.25, 0.3) is 5.91 Å². The lowest BCUT2D eigenvalue weighted by Gasteiger charge is -2.20. The molecular formula is C15H22N2O3. The number of carboxylic acid groups (broad SMARTS) is 1. The summed E-state index contributed by atoms with van der Waals surface area (Å²) in [7, 11) is 0. The molecule has 2 heterocycles. The summed E-state index contributed by atoms with van der Waals surface area (Å²) in [6, 6.07) is 1.97. The van der Waals surface area contributed by atoms with E-state index in [1.165, 1.54) is 0 Å². The Balaban J connectivity index is 2.01. The molecule has 2 N–H and O–H groups in total. The minimum atomic E-state index is -0.745. The second-order valence-corrected chi connectivity index (χ2v) is 5.70. The van der Waals surface area contributed by atoms with Crippen molar-refractivity contribution in [2.45, 2.75) is 39.5 Å². The van der Waals surface area contributed by atoms with E-state index in [9.17, 15) is 9.59 Å². The van der Waals surface area contributed by atoms with Crippen LogP contribution in [0.25, 0.3) is 0 Å². The van der Waals surface area contributed by atoms with Crippen molar-refractivity contribution in [2.75, 3.05) is 13.1 Å². The van der Waals surface area contributed by atoms with Gasteiger partial charge in [0.2, 0.25) is 0 Å². The lowest BCUT2D eigenvalue weighted by atomic mass is 9.97. The number of carbonyl (C=O) groups is 2. The molecule has 0 bridgehead atoms. The number of carbonyl (C=O) groups excluding carboxylic acids is 1. The number of aromatic nitrogens is 1. The highest BCUT2D eigenvalue weighted by molar-refractivity contribution is 5.94. The van der Waals surface area contributed by atoms with Crippen LogP contribution in [0.2, 0.25) is 0 Å². The lowest BCUT2D eigenvalue weighted by molar-refractivity contribution is -0.138. The molecule has 5 heteroatoms. The topological polar surface area (TPSA) is 73.4 Å². The number of aromatic amines is 1. The largest absolute Gasteiger partial charge is 0.481 e. The minimum Gasteiger partial charge on any atom is -0.481 e. The van der Waals surface area contributed by atoms with Gasteiger partial charge in [-0.1, -0.05) is 0 Å². The molecule has 1 aromatic rings. The molecule has 1 fully saturated rings. The van der Waals surface area contributed by atoms with Crippen molar-refractivity contribution in [3.05, 3.63) is 23.0 Å². The van der Waals surface area contributed by atoms with E-state index < -0.39 is 5.97 Å². The highest BCUT2D eigenvalue weighted by Gasteiger charge is 2.24. The van der Waals surface area contributed by atoms with Crippen LogP contribution >= 0.6 is 0 Å². The standard InChI is InChI=1S/C15H22N2O3/c1-10-8-11(2)16-14(10)15(20)17-6-3-4-12(5-7-17)9-13(18)19/h8,12,16H,3-7,9H2,1-2H3,(H,18,19)/t12-/m1/s1. The van der Waals surface area contributed by atoms with Crippen LogP contribution in [0.3, 0.4) is 0 Å². The van der Waals surface area contributed by atoms with Crippen molar-refractivity contribution in [3.8, 4) is 0 Å². The van der Waals surface area contributed by atoms with Gasteiger partial charge in [-0.15, -0.1) is 0 Å². The Bertz CT molecular complexity index is 507. The molecule has 1 aliphatic heterocycles. The van der Waals surface area contributed by atoms with Crippen LogP contribution < -0.4 is 0 Å². The highest BCUT2D eigenvalue weighted by atomic mass is 16.4. The maximum Gasteiger partial charge on any atom is 0.303 e. The number of H-pyrrole nitrogens is 1. The summed E-state index contributed by atoms with van der Waals surface area (Å²) >= 11 is 0. The molecule has 0 saturated carbocycles. The molecule has 1 saturated heterocycles. The van der Waals surface area contributed by atoms with Crippen LogP contribution in [0, 0.1) is 19.8 Å². The van der Waals surface area contributed by atoms with Gasteiger partial charge in [0.15, 0.2) is 0 Å². The quantitative estimate of drug-likeness (QED) is 0.891. The fourth-order valence-electron chi connectivity index (χ4n) is 2.93. The SMILES string of the molecule is Cc1cc(C)c(C(=O)N2CCC[C@@H](CC(=O)O)CC2)[nH]1. The van der Waals surface area contributed by atoms with Crippen molar-refractivity contribution in [2.24, 2.45) is 5.92 Å². The Morgan fingerprint density at radius 1 is 1.35 bits per heavy atom. The van der Waals surface area contributed by atoms with Crippen LogP contribution in [0.1, 0.15) is 47.4 Å². The first-order valence-corrected chi connectivity index (χ1v) is 7.14. The molecule has 1 amide bonds. The summed E-state index contributed by atoms with van der Waals surface area (Å²) in [6.45, 7) is 5.23. The molecule has 0 aromatic carbocycles. The molecule has 0 radical (unpaired) electrons. The van der Waals surface area contributed by atoms with Gasteiger partial charge in [-0.3, -0.25) is 9.59 Å². The fraction of sp³-hybridized carbons (Fsp3) is 0.600. The average Bonchev–Trinajstić information content (AvgIpc) is 2.58. The first-order valence-electron chi connectivity index (χ1n) is 7.14. The predicted octanol–water partition coefficient (Wildman–Crippen LogP) is 2.35. The van der Waals surface area contributed by atoms with E-state index >= 15 is 0 Å². The van der Waals surface area contributed by atoms with Gasteiger partial charge >= 0.3 is 5.97 Å². The number of carboxylic acids is 1. The van der Waals surface area contributed by atoms with Crippen molar-refractivity contribution >= 4 is 11.9 Å². The maximum absolute atomic E-state index is 12.5. The number of rotatable bonds is 3. The summed E-state index contributed by atoms with van der Waals surface area (Å²) in [5, 5.41) is 8.86. The highest BCUT2D eigenvalue weighted by Crippen LogP contribution is 2.22. The number of nitrogens with one attached hydrogen (secondary N) is 1. The molecule has 0 spiro atoms. The fourth-order valence-corrected chi connectivity index (χ4v) is 2.93. The lowest BCUT2D eigenvalue weighted by Crippen LogP contribution is -2.32. The third-order valence-corrected chi connectivity index (χ3v) is 3.96. The van der Waals surface area contributed by atoms with E-state index in [-0.39, 0.29) is 18.2 Å². The molecular weight excluding hydrogens is 256 g/mol. The number of nitrogens with zero attached hydrogens (tertiary/aromatic N) is 1. The van der Waals surface area contributed by atoms with E-state index in [2.05, 4.69) is 4.98 Å². The van der Waals surface area contributed by atoms with Gasteiger partial charge in [-0.2, -0.15) is 0 Å². The zero-order chi connectivity index (χ0) is 14.7. The Morgan fingerprint density at radius 3 is 2.70 bits per heavy atom. The summed E-state index contributed by atoms with van der Waals surface area (Å²) < 4.78 is 0. The van der Waals surface area contributed by atoms with Crippen LogP contribution in [0.5, 0.6) is 0 Å². The van der Waals surface area contributed by atoms with Gasteiger partial charge in [0.1, 0.15) is 5.69 Å². The van der Waals surface area contributed by atoms with Gasteiger partial charge in [-0.25, -0.2) is 0 Å². The Hall–Kier alpha value is -1.78. The molecule has 1 aromatic heterocycles. The van der Waals surface area contributed by atoms with E-state index in [1.54, 1.807) is 0 Å². The molecule has 20 heavy (non-hydrogen) atoms. The molecule has 110 valence electrons. The maximum atomic E-state index is 12.5. The normalized spacial score (nSPS) is 19.7. The number of likely N-dealkylation sites (tertiary alicyclic amines) is 1. The smallest absolute Gasteiger partial charge is 0.303 e. The Kier molecular flexibility index (Phi) is 4.47. The molecule has 0 aliphatic carbocycles. The van der Waals surface area contributed by atoms with Crippen molar-refractivity contribution in [3.63, 3.8) is 0 Å². The Labute approximate surface area is 119 Å². The summed E-state index contributed by atoms with van der Waals surface area (Å²) in [4.78, 5) is 28.2. The van der Waals surface area contributed by atoms with E-state index in [4.69, 9.17) is 5.11 Å². The molecule has 1 aliphatic rings. The molecule has 2 rings (SSSR count). The number of amides is 1. The number of aliphatic carboxylic acids is 1. The van der Waals surface area contributed by atoms with Crippen molar-refractivity contribution in [1.82, 2.24) is 9.88 Å². The van der Waals surface area contributed by atoms with E-state index in [0.29, 0.717) is 18.8 Å². The van der Waals surface area contributed by atoms with Crippen LogP contribution in [-0.4, -0.2) is 40.0 Å². The van der Waals surface area contributed by atoms with Crippen LogP contribution in [0.4, 0.5) is 0 Å². The summed E-state index contributed by atoms with van der Waals surface area (Å²) in [5.74, 6) is -0.519. The van der Waals surface area contributed by atoms with Gasteiger partial charge < -0.3 is 15.0 Å². The summed E-state index contributed by atoms with van der Waals surface area (Å²) in [5.41, 5.74) is 2.63. The third-order valence-electron chi connectivity index (χ3n) is 3.96. The zero-order valence-electron chi connectivity index (χ0n) is 12.1. The Morgan fingerprint density at radius 2 is 2.10 bits per heavy atom. The van der Waals surface area contributed by atoms with Crippen LogP contribution in [0.15, 0.2) is 6.07 Å². The molecule has 5 nitrogen and oxygen atoms in total. The second-order valence-electron chi connectivity index (χ2n) is 5.70. The predicted molar refractivity (Wildman–Crippen MR) is 75.8 cm³/mol. The van der Waals surface area contributed by atoms with Gasteiger partial charge in [-0.05, 0) is 50.7 Å². The first kappa shape index (κ1) is 14.6. The number of hydrogen-bond donors (Lipinski definition) is 2.